The van der Waals surface area contributed by atoms with Crippen LogP contribution in [-0.4, -0.2) is 20.9 Å². The number of benzene rings is 3. The molecule has 1 amide bonds. The molecule has 7 heteroatoms. The van der Waals surface area contributed by atoms with E-state index in [1.54, 1.807) is 12.1 Å². The van der Waals surface area contributed by atoms with Crippen molar-refractivity contribution in [2.75, 3.05) is 6.54 Å². The molecule has 28 heavy (non-hydrogen) atoms. The number of halogens is 1. The monoisotopic (exact) mass is 416 g/mol. The lowest BCUT2D eigenvalue weighted by Gasteiger charge is -2.15. The van der Waals surface area contributed by atoms with Crippen LogP contribution >= 0.6 is 11.6 Å². The minimum Gasteiger partial charge on any atom is -0.350 e. The van der Waals surface area contributed by atoms with Gasteiger partial charge in [-0.1, -0.05) is 54.1 Å². The maximum atomic E-state index is 12.2. The number of hydrogen-bond acceptors (Lipinski definition) is 3. The highest BCUT2D eigenvalue weighted by molar-refractivity contribution is 7.89. The summed E-state index contributed by atoms with van der Waals surface area (Å²) in [5, 5.41) is 5.48. The summed E-state index contributed by atoms with van der Waals surface area (Å²) in [5.41, 5.74) is 0.992. The molecule has 1 unspecified atom stereocenters. The van der Waals surface area contributed by atoms with E-state index < -0.39 is 10.0 Å². The van der Waals surface area contributed by atoms with Gasteiger partial charge in [0.1, 0.15) is 0 Å². The molecule has 0 fully saturated rings. The van der Waals surface area contributed by atoms with Crippen LogP contribution in [0.4, 0.5) is 0 Å². The third-order valence-electron chi connectivity index (χ3n) is 4.40. The molecule has 146 valence electrons. The van der Waals surface area contributed by atoms with Crippen LogP contribution in [0.5, 0.6) is 0 Å². The molecular formula is C21H21ClN2O3S. The van der Waals surface area contributed by atoms with E-state index in [9.17, 15) is 13.2 Å². The van der Waals surface area contributed by atoms with E-state index in [0.717, 1.165) is 16.3 Å². The van der Waals surface area contributed by atoms with Gasteiger partial charge in [0.25, 0.3) is 0 Å². The summed E-state index contributed by atoms with van der Waals surface area (Å²) >= 11 is 5.83. The van der Waals surface area contributed by atoms with Crippen molar-refractivity contribution in [3.8, 4) is 0 Å². The second kappa shape index (κ2) is 8.73. The van der Waals surface area contributed by atoms with E-state index in [4.69, 9.17) is 11.6 Å². The predicted octanol–water partition coefficient (Wildman–Crippen LogP) is 4.04. The molecule has 0 bridgehead atoms. The van der Waals surface area contributed by atoms with Crippen molar-refractivity contribution in [3.05, 3.63) is 77.3 Å². The Hall–Kier alpha value is -2.41. The van der Waals surface area contributed by atoms with Gasteiger partial charge in [-0.15, -0.1) is 0 Å². The molecule has 0 spiro atoms. The first-order valence-corrected chi connectivity index (χ1v) is 10.7. The highest BCUT2D eigenvalue weighted by atomic mass is 35.5. The summed E-state index contributed by atoms with van der Waals surface area (Å²) in [7, 11) is -3.70. The molecule has 1 atom stereocenters. The van der Waals surface area contributed by atoms with Gasteiger partial charge in [-0.05, 0) is 47.5 Å². The van der Waals surface area contributed by atoms with Crippen LogP contribution in [0.1, 0.15) is 24.9 Å². The van der Waals surface area contributed by atoms with Gasteiger partial charge in [-0.25, -0.2) is 13.1 Å². The molecule has 0 aliphatic carbocycles. The van der Waals surface area contributed by atoms with E-state index in [0.29, 0.717) is 5.02 Å². The van der Waals surface area contributed by atoms with Crippen molar-refractivity contribution >= 4 is 38.3 Å². The summed E-state index contributed by atoms with van der Waals surface area (Å²) in [6.07, 6.45) is 0.0394. The Labute approximate surface area is 169 Å². The summed E-state index contributed by atoms with van der Waals surface area (Å²) in [4.78, 5) is 12.3. The molecule has 0 heterocycles. The Morgan fingerprint density at radius 2 is 1.75 bits per heavy atom. The lowest BCUT2D eigenvalue weighted by molar-refractivity contribution is -0.121. The lowest BCUT2D eigenvalue weighted by Crippen LogP contribution is -2.32. The van der Waals surface area contributed by atoms with E-state index in [-0.39, 0.29) is 29.8 Å². The predicted molar refractivity (Wildman–Crippen MR) is 112 cm³/mol. The van der Waals surface area contributed by atoms with Crippen LogP contribution in [0.15, 0.2) is 71.6 Å². The zero-order valence-electron chi connectivity index (χ0n) is 15.4. The standard InChI is InChI=1S/C21H21ClN2O3S/c1-15(17-10-9-16-5-2-3-6-18(16)13-17)24-21(25)11-12-23-28(26,27)20-8-4-7-19(22)14-20/h2-10,13-15,23H,11-12H2,1H3,(H,24,25). The van der Waals surface area contributed by atoms with E-state index >= 15 is 0 Å². The van der Waals surface area contributed by atoms with Gasteiger partial charge in [-0.2, -0.15) is 0 Å². The molecule has 0 aliphatic rings. The van der Waals surface area contributed by atoms with E-state index in [1.807, 2.05) is 49.4 Å². The van der Waals surface area contributed by atoms with Crippen LogP contribution in [0.25, 0.3) is 10.8 Å². The van der Waals surface area contributed by atoms with E-state index in [2.05, 4.69) is 10.0 Å². The van der Waals surface area contributed by atoms with Gasteiger partial charge in [0.2, 0.25) is 15.9 Å². The van der Waals surface area contributed by atoms with Crippen molar-refractivity contribution in [1.29, 1.82) is 0 Å². The molecule has 3 rings (SSSR count). The smallest absolute Gasteiger partial charge is 0.240 e. The fourth-order valence-corrected chi connectivity index (χ4v) is 4.22. The van der Waals surface area contributed by atoms with Gasteiger partial charge in [-0.3, -0.25) is 4.79 Å². The number of fused-ring (bicyclic) bond motifs is 1. The fourth-order valence-electron chi connectivity index (χ4n) is 2.89. The van der Waals surface area contributed by atoms with Crippen molar-refractivity contribution < 1.29 is 13.2 Å². The number of carbonyl (C=O) groups is 1. The number of hydrogen-bond donors (Lipinski definition) is 2. The van der Waals surface area contributed by atoms with Gasteiger partial charge < -0.3 is 5.32 Å². The Morgan fingerprint density at radius 3 is 2.50 bits per heavy atom. The number of amides is 1. The molecule has 3 aromatic rings. The number of nitrogens with one attached hydrogen (secondary N) is 2. The van der Waals surface area contributed by atoms with Crippen LogP contribution < -0.4 is 10.0 Å². The second-order valence-corrected chi connectivity index (χ2v) is 8.70. The van der Waals surface area contributed by atoms with Crippen LogP contribution in [0.3, 0.4) is 0 Å². The molecular weight excluding hydrogens is 396 g/mol. The topological polar surface area (TPSA) is 75.3 Å². The zero-order valence-corrected chi connectivity index (χ0v) is 16.9. The summed E-state index contributed by atoms with van der Waals surface area (Å²) in [6.45, 7) is 1.91. The van der Waals surface area contributed by atoms with Crippen molar-refractivity contribution in [3.63, 3.8) is 0 Å². The molecule has 0 saturated heterocycles. The molecule has 0 saturated carbocycles. The summed E-state index contributed by atoms with van der Waals surface area (Å²) in [6, 6.07) is 19.9. The molecule has 5 nitrogen and oxygen atoms in total. The molecule has 2 N–H and O–H groups in total. The largest absolute Gasteiger partial charge is 0.350 e. The Morgan fingerprint density at radius 1 is 1.00 bits per heavy atom. The Kier molecular flexibility index (Phi) is 6.34. The van der Waals surface area contributed by atoms with Crippen molar-refractivity contribution in [2.45, 2.75) is 24.3 Å². The average Bonchev–Trinajstić information content (AvgIpc) is 2.67. The SMILES string of the molecule is CC(NC(=O)CCNS(=O)(=O)c1cccc(Cl)c1)c1ccc2ccccc2c1. The number of carbonyl (C=O) groups excluding carboxylic acids is 1. The number of sulfonamides is 1. The summed E-state index contributed by atoms with van der Waals surface area (Å²) in [5.74, 6) is -0.227. The molecule has 3 aromatic carbocycles. The van der Waals surface area contributed by atoms with Crippen LogP contribution in [-0.2, 0) is 14.8 Å². The summed E-state index contributed by atoms with van der Waals surface area (Å²) < 4.78 is 26.9. The van der Waals surface area contributed by atoms with Gasteiger partial charge >= 0.3 is 0 Å². The molecule has 0 aliphatic heterocycles. The van der Waals surface area contributed by atoms with Crippen molar-refractivity contribution in [2.24, 2.45) is 0 Å². The first kappa shape index (κ1) is 20.3. The first-order chi connectivity index (χ1) is 13.3. The van der Waals surface area contributed by atoms with Gasteiger partial charge in [0.05, 0.1) is 10.9 Å². The third-order valence-corrected chi connectivity index (χ3v) is 6.10. The highest BCUT2D eigenvalue weighted by Crippen LogP contribution is 2.20. The lowest BCUT2D eigenvalue weighted by atomic mass is 10.0. The average molecular weight is 417 g/mol. The first-order valence-electron chi connectivity index (χ1n) is 8.88. The van der Waals surface area contributed by atoms with Crippen LogP contribution in [0.2, 0.25) is 5.02 Å². The van der Waals surface area contributed by atoms with E-state index in [1.165, 1.54) is 12.1 Å². The highest BCUT2D eigenvalue weighted by Gasteiger charge is 2.15. The Bertz CT molecular complexity index is 1100. The minimum absolute atomic E-state index is 0.00508. The third kappa shape index (κ3) is 5.10. The second-order valence-electron chi connectivity index (χ2n) is 6.50. The van der Waals surface area contributed by atoms with Crippen LogP contribution in [0, 0.1) is 0 Å². The fraction of sp³-hybridized carbons (Fsp3) is 0.190. The minimum atomic E-state index is -3.70. The normalized spacial score (nSPS) is 12.6. The van der Waals surface area contributed by atoms with Crippen molar-refractivity contribution in [1.82, 2.24) is 10.0 Å². The zero-order chi connectivity index (χ0) is 20.1. The molecule has 0 radical (unpaired) electrons. The number of rotatable bonds is 7. The maximum absolute atomic E-state index is 12.2. The molecule has 0 aromatic heterocycles. The quantitative estimate of drug-likeness (QED) is 0.610. The van der Waals surface area contributed by atoms with Gasteiger partial charge in [0, 0.05) is 18.0 Å². The maximum Gasteiger partial charge on any atom is 0.240 e. The Balaban J connectivity index is 1.54. The van der Waals surface area contributed by atoms with Gasteiger partial charge in [0.15, 0.2) is 0 Å².